The Hall–Kier alpha value is -3.32. The number of nitrogens with zero attached hydrogens (tertiary/aromatic N) is 2. The first-order valence-corrected chi connectivity index (χ1v) is 11.5. The summed E-state index contributed by atoms with van der Waals surface area (Å²) in [7, 11) is 0. The standard InChI is InChI=1S/C26H31N3O4/c1-20(30)27-24-7-11-28(12-8-24)17-22-4-2-21(3-5-22)6-13-29-14-9-25(16-26(29)31)33-19-23-10-15-32-18-23/h2-5,9-10,14-16,18,24H,6-8,11-13,17,19H2,1H3,(H,27,30). The van der Waals surface area contributed by atoms with E-state index < -0.39 is 0 Å². The Morgan fingerprint density at radius 3 is 2.52 bits per heavy atom. The highest BCUT2D eigenvalue weighted by Crippen LogP contribution is 2.15. The van der Waals surface area contributed by atoms with E-state index in [0.29, 0.717) is 24.9 Å². The normalized spacial score (nSPS) is 14.8. The third-order valence-corrected chi connectivity index (χ3v) is 6.02. The maximum atomic E-state index is 12.4. The van der Waals surface area contributed by atoms with Crippen LogP contribution in [0.4, 0.5) is 0 Å². The molecule has 3 heterocycles. The third-order valence-electron chi connectivity index (χ3n) is 6.02. The van der Waals surface area contributed by atoms with Crippen molar-refractivity contribution in [3.8, 4) is 5.75 Å². The lowest BCUT2D eigenvalue weighted by Gasteiger charge is -2.32. The van der Waals surface area contributed by atoms with Gasteiger partial charge in [-0.3, -0.25) is 14.5 Å². The van der Waals surface area contributed by atoms with Gasteiger partial charge in [0.25, 0.3) is 5.56 Å². The topological polar surface area (TPSA) is 76.7 Å². The van der Waals surface area contributed by atoms with Crippen LogP contribution in [0, 0.1) is 0 Å². The molecule has 174 valence electrons. The highest BCUT2D eigenvalue weighted by molar-refractivity contribution is 5.73. The second kappa shape index (κ2) is 11.0. The van der Waals surface area contributed by atoms with Crippen LogP contribution >= 0.6 is 0 Å². The van der Waals surface area contributed by atoms with Crippen LogP contribution in [0.5, 0.6) is 5.75 Å². The minimum absolute atomic E-state index is 0.0565. The number of hydrogen-bond acceptors (Lipinski definition) is 5. The SMILES string of the molecule is CC(=O)NC1CCN(Cc2ccc(CCn3ccc(OCc4ccoc4)cc3=O)cc2)CC1. The predicted octanol–water partition coefficient (Wildman–Crippen LogP) is 3.36. The molecule has 0 atom stereocenters. The Balaban J connectivity index is 1.23. The third kappa shape index (κ3) is 6.83. The summed E-state index contributed by atoms with van der Waals surface area (Å²) in [4.78, 5) is 26.1. The molecule has 1 saturated heterocycles. The van der Waals surface area contributed by atoms with E-state index in [9.17, 15) is 9.59 Å². The fourth-order valence-electron chi connectivity index (χ4n) is 4.15. The van der Waals surface area contributed by atoms with Crippen LogP contribution in [0.15, 0.2) is 70.4 Å². The number of aromatic nitrogens is 1. The van der Waals surface area contributed by atoms with Gasteiger partial charge in [-0.2, -0.15) is 0 Å². The number of hydrogen-bond donors (Lipinski definition) is 1. The Bertz CT molecular complexity index is 1080. The van der Waals surface area contributed by atoms with Gasteiger partial charge < -0.3 is 19.0 Å². The summed E-state index contributed by atoms with van der Waals surface area (Å²) in [5, 5.41) is 3.02. The number of piperidine rings is 1. The summed E-state index contributed by atoms with van der Waals surface area (Å²) in [5.41, 5.74) is 3.35. The average Bonchev–Trinajstić information content (AvgIpc) is 3.33. The van der Waals surface area contributed by atoms with Crippen LogP contribution in [0.1, 0.15) is 36.5 Å². The lowest BCUT2D eigenvalue weighted by atomic mass is 10.0. The molecule has 0 aliphatic carbocycles. The van der Waals surface area contributed by atoms with Gasteiger partial charge in [-0.15, -0.1) is 0 Å². The number of likely N-dealkylation sites (tertiary alicyclic amines) is 1. The largest absolute Gasteiger partial charge is 0.489 e. The van der Waals surface area contributed by atoms with Crippen molar-refractivity contribution >= 4 is 5.91 Å². The van der Waals surface area contributed by atoms with Crippen LogP contribution in [-0.4, -0.2) is 34.5 Å². The number of ether oxygens (including phenoxy) is 1. The predicted molar refractivity (Wildman–Crippen MR) is 126 cm³/mol. The van der Waals surface area contributed by atoms with Crippen LogP contribution in [-0.2, 0) is 30.9 Å². The van der Waals surface area contributed by atoms with E-state index in [1.165, 1.54) is 17.2 Å². The van der Waals surface area contributed by atoms with Crippen molar-refractivity contribution in [2.75, 3.05) is 13.1 Å². The molecule has 1 amide bonds. The summed E-state index contributed by atoms with van der Waals surface area (Å²) >= 11 is 0. The zero-order chi connectivity index (χ0) is 23.0. The number of carbonyl (C=O) groups excluding carboxylic acids is 1. The number of rotatable bonds is 9. The molecule has 1 N–H and O–H groups in total. The monoisotopic (exact) mass is 449 g/mol. The molecule has 3 aromatic rings. The minimum Gasteiger partial charge on any atom is -0.489 e. The molecule has 1 aliphatic rings. The van der Waals surface area contributed by atoms with Crippen molar-refractivity contribution in [2.45, 2.75) is 51.9 Å². The van der Waals surface area contributed by atoms with Gasteiger partial charge in [-0.05, 0) is 42.5 Å². The molecule has 0 unspecified atom stereocenters. The fraction of sp³-hybridized carbons (Fsp3) is 0.385. The molecular weight excluding hydrogens is 418 g/mol. The fourth-order valence-corrected chi connectivity index (χ4v) is 4.15. The van der Waals surface area contributed by atoms with E-state index in [1.807, 2.05) is 12.1 Å². The highest BCUT2D eigenvalue weighted by atomic mass is 16.5. The molecule has 0 radical (unpaired) electrons. The van der Waals surface area contributed by atoms with E-state index in [4.69, 9.17) is 9.15 Å². The lowest BCUT2D eigenvalue weighted by Crippen LogP contribution is -2.43. The zero-order valence-corrected chi connectivity index (χ0v) is 19.0. The van der Waals surface area contributed by atoms with Crippen molar-refractivity contribution < 1.29 is 13.9 Å². The first kappa shape index (κ1) is 22.9. The Morgan fingerprint density at radius 2 is 1.85 bits per heavy atom. The van der Waals surface area contributed by atoms with Crippen LogP contribution in [0.2, 0.25) is 0 Å². The second-order valence-corrected chi connectivity index (χ2v) is 8.63. The molecule has 7 heteroatoms. The molecule has 1 fully saturated rings. The quantitative estimate of drug-likeness (QED) is 0.542. The molecule has 1 aromatic carbocycles. The van der Waals surface area contributed by atoms with Gasteiger partial charge >= 0.3 is 0 Å². The first-order valence-electron chi connectivity index (χ1n) is 11.5. The molecule has 1 aliphatic heterocycles. The molecule has 0 spiro atoms. The van der Waals surface area contributed by atoms with E-state index >= 15 is 0 Å². The smallest absolute Gasteiger partial charge is 0.254 e. The Kier molecular flexibility index (Phi) is 7.62. The van der Waals surface area contributed by atoms with Gasteiger partial charge in [0, 0.05) is 57.0 Å². The van der Waals surface area contributed by atoms with Crippen molar-refractivity contribution in [1.29, 1.82) is 0 Å². The van der Waals surface area contributed by atoms with Crippen LogP contribution < -0.4 is 15.6 Å². The highest BCUT2D eigenvalue weighted by Gasteiger charge is 2.19. The molecule has 0 saturated carbocycles. The average molecular weight is 450 g/mol. The van der Waals surface area contributed by atoms with Crippen molar-refractivity contribution in [1.82, 2.24) is 14.8 Å². The number of carbonyl (C=O) groups is 1. The molecule has 4 rings (SSSR count). The number of furan rings is 1. The summed E-state index contributed by atoms with van der Waals surface area (Å²) < 4.78 is 12.4. The van der Waals surface area contributed by atoms with Crippen LogP contribution in [0.3, 0.4) is 0 Å². The van der Waals surface area contributed by atoms with Gasteiger partial charge in [-0.1, -0.05) is 24.3 Å². The van der Waals surface area contributed by atoms with Gasteiger partial charge in [0.15, 0.2) is 0 Å². The lowest BCUT2D eigenvalue weighted by molar-refractivity contribution is -0.119. The first-order chi connectivity index (χ1) is 16.0. The van der Waals surface area contributed by atoms with Crippen molar-refractivity contribution in [3.05, 3.63) is 88.2 Å². The van der Waals surface area contributed by atoms with E-state index in [-0.39, 0.29) is 11.5 Å². The van der Waals surface area contributed by atoms with E-state index in [1.54, 1.807) is 30.2 Å². The van der Waals surface area contributed by atoms with Gasteiger partial charge in [0.1, 0.15) is 12.4 Å². The second-order valence-electron chi connectivity index (χ2n) is 8.63. The summed E-state index contributed by atoms with van der Waals surface area (Å²) in [6.07, 6.45) is 7.80. The summed E-state index contributed by atoms with van der Waals surface area (Å²) in [6, 6.07) is 14.1. The van der Waals surface area contributed by atoms with Crippen molar-refractivity contribution in [3.63, 3.8) is 0 Å². The summed E-state index contributed by atoms with van der Waals surface area (Å²) in [6.45, 7) is 5.50. The number of benzene rings is 1. The molecular formula is C26H31N3O4. The zero-order valence-electron chi connectivity index (χ0n) is 19.0. The maximum absolute atomic E-state index is 12.4. The maximum Gasteiger partial charge on any atom is 0.254 e. The molecule has 7 nitrogen and oxygen atoms in total. The van der Waals surface area contributed by atoms with E-state index in [0.717, 1.165) is 44.5 Å². The van der Waals surface area contributed by atoms with E-state index in [2.05, 4.69) is 34.5 Å². The number of nitrogens with one attached hydrogen (secondary N) is 1. The van der Waals surface area contributed by atoms with Gasteiger partial charge in [-0.25, -0.2) is 0 Å². The molecule has 2 aromatic heterocycles. The Morgan fingerprint density at radius 1 is 1.09 bits per heavy atom. The number of aryl methyl sites for hydroxylation is 2. The minimum atomic E-state index is -0.0704. The van der Waals surface area contributed by atoms with Gasteiger partial charge in [0.05, 0.1) is 12.5 Å². The summed E-state index contributed by atoms with van der Waals surface area (Å²) in [5.74, 6) is 0.615. The molecule has 33 heavy (non-hydrogen) atoms. The number of amides is 1. The van der Waals surface area contributed by atoms with Crippen LogP contribution in [0.25, 0.3) is 0 Å². The van der Waals surface area contributed by atoms with Gasteiger partial charge in [0.2, 0.25) is 5.91 Å². The molecule has 0 bridgehead atoms. The Labute approximate surface area is 194 Å². The number of pyridine rings is 1. The van der Waals surface area contributed by atoms with Crippen molar-refractivity contribution in [2.24, 2.45) is 0 Å².